The highest BCUT2D eigenvalue weighted by Gasteiger charge is 2.09. The Bertz CT molecular complexity index is 691. The predicted octanol–water partition coefficient (Wildman–Crippen LogP) is 2.28. The highest BCUT2D eigenvalue weighted by molar-refractivity contribution is 9.10. The molecule has 0 aromatic carbocycles. The summed E-state index contributed by atoms with van der Waals surface area (Å²) in [7, 11) is 0. The van der Waals surface area contributed by atoms with E-state index in [2.05, 4.69) is 36.0 Å². The van der Waals surface area contributed by atoms with Crippen LogP contribution in [0.1, 0.15) is 5.69 Å². The van der Waals surface area contributed by atoms with Crippen molar-refractivity contribution >= 4 is 26.8 Å². The van der Waals surface area contributed by atoms with E-state index in [1.54, 1.807) is 23.3 Å². The molecule has 84 valence electrons. The van der Waals surface area contributed by atoms with E-state index in [4.69, 9.17) is 0 Å². The Labute approximate surface area is 106 Å². The topological polar surface area (TPSA) is 56.5 Å². The van der Waals surface area contributed by atoms with Gasteiger partial charge in [0, 0.05) is 30.2 Å². The molecular weight excluding hydrogens is 282 g/mol. The quantitative estimate of drug-likeness (QED) is 0.645. The van der Waals surface area contributed by atoms with Crippen molar-refractivity contribution in [1.82, 2.24) is 24.7 Å². The molecule has 5 nitrogen and oxygen atoms in total. The van der Waals surface area contributed by atoms with Gasteiger partial charge in [-0.3, -0.25) is 4.98 Å². The molecule has 3 heterocycles. The molecule has 0 aliphatic heterocycles. The molecule has 0 fully saturated rings. The van der Waals surface area contributed by atoms with E-state index in [1.807, 2.05) is 19.2 Å². The molecule has 0 aliphatic rings. The summed E-state index contributed by atoms with van der Waals surface area (Å²) in [5, 5.41) is 5.46. The average molecular weight is 290 g/mol. The number of halogens is 1. The van der Waals surface area contributed by atoms with Gasteiger partial charge in [-0.25, -0.2) is 14.6 Å². The van der Waals surface area contributed by atoms with Gasteiger partial charge in [-0.1, -0.05) is 0 Å². The number of rotatable bonds is 1. The highest BCUT2D eigenvalue weighted by atomic mass is 79.9. The average Bonchev–Trinajstić information content (AvgIpc) is 2.75. The molecule has 17 heavy (non-hydrogen) atoms. The van der Waals surface area contributed by atoms with Gasteiger partial charge in [-0.05, 0) is 28.9 Å². The molecule has 6 heteroatoms. The zero-order valence-corrected chi connectivity index (χ0v) is 10.6. The number of aromatic nitrogens is 5. The fourth-order valence-electron chi connectivity index (χ4n) is 1.65. The van der Waals surface area contributed by atoms with Gasteiger partial charge in [0.25, 0.3) is 0 Å². The molecule has 0 atom stereocenters. The molecule has 0 amide bonds. The van der Waals surface area contributed by atoms with Crippen LogP contribution in [-0.2, 0) is 0 Å². The summed E-state index contributed by atoms with van der Waals surface area (Å²) in [6.45, 7) is 1.90. The Morgan fingerprint density at radius 3 is 2.71 bits per heavy atom. The van der Waals surface area contributed by atoms with Crippen LogP contribution in [-0.4, -0.2) is 24.7 Å². The maximum absolute atomic E-state index is 4.45. The monoisotopic (exact) mass is 289 g/mol. The lowest BCUT2D eigenvalue weighted by atomic mass is 10.3. The van der Waals surface area contributed by atoms with Gasteiger partial charge >= 0.3 is 0 Å². The van der Waals surface area contributed by atoms with Crippen molar-refractivity contribution in [2.45, 2.75) is 6.92 Å². The van der Waals surface area contributed by atoms with Crippen molar-refractivity contribution in [3.05, 3.63) is 41.2 Å². The molecule has 0 unspecified atom stereocenters. The molecule has 0 spiro atoms. The molecular formula is C11H8BrN5. The maximum Gasteiger partial charge on any atom is 0.174 e. The first-order chi connectivity index (χ1) is 8.25. The van der Waals surface area contributed by atoms with E-state index >= 15 is 0 Å². The standard InChI is InChI=1S/C11H8BrN5/c1-7-11(15-5-4-13-7)17-6-8-2-3-14-10(12)9(8)16-17/h2-6H,1H3. The van der Waals surface area contributed by atoms with E-state index in [1.165, 1.54) is 0 Å². The van der Waals surface area contributed by atoms with Gasteiger partial charge in [-0.15, -0.1) is 0 Å². The van der Waals surface area contributed by atoms with E-state index in [0.717, 1.165) is 27.0 Å². The van der Waals surface area contributed by atoms with Crippen LogP contribution in [0, 0.1) is 6.92 Å². The molecule has 0 aliphatic carbocycles. The first-order valence-corrected chi connectivity index (χ1v) is 5.83. The predicted molar refractivity (Wildman–Crippen MR) is 66.9 cm³/mol. The van der Waals surface area contributed by atoms with E-state index in [9.17, 15) is 0 Å². The fourth-order valence-corrected chi connectivity index (χ4v) is 2.07. The van der Waals surface area contributed by atoms with Crippen molar-refractivity contribution < 1.29 is 0 Å². The van der Waals surface area contributed by atoms with Crippen molar-refractivity contribution in [2.75, 3.05) is 0 Å². The first kappa shape index (κ1) is 10.3. The number of aryl methyl sites for hydroxylation is 1. The summed E-state index contributed by atoms with van der Waals surface area (Å²) >= 11 is 3.38. The van der Waals surface area contributed by atoms with Crippen molar-refractivity contribution in [3.63, 3.8) is 0 Å². The molecule has 0 saturated heterocycles. The summed E-state index contributed by atoms with van der Waals surface area (Å²) < 4.78 is 2.45. The summed E-state index contributed by atoms with van der Waals surface area (Å²) in [5.74, 6) is 0.732. The van der Waals surface area contributed by atoms with E-state index in [0.29, 0.717) is 0 Å². The second-order valence-electron chi connectivity index (χ2n) is 3.58. The van der Waals surface area contributed by atoms with Gasteiger partial charge in [0.2, 0.25) is 0 Å². The minimum atomic E-state index is 0.732. The van der Waals surface area contributed by atoms with Gasteiger partial charge < -0.3 is 0 Å². The molecule has 3 aromatic rings. The smallest absolute Gasteiger partial charge is 0.174 e. The van der Waals surface area contributed by atoms with Crippen LogP contribution in [0.15, 0.2) is 35.5 Å². The Hall–Kier alpha value is -1.82. The van der Waals surface area contributed by atoms with Crippen LogP contribution in [0.25, 0.3) is 16.7 Å². The van der Waals surface area contributed by atoms with Gasteiger partial charge in [0.1, 0.15) is 10.1 Å². The Kier molecular flexibility index (Phi) is 2.36. The first-order valence-electron chi connectivity index (χ1n) is 5.03. The third-order valence-corrected chi connectivity index (χ3v) is 3.03. The Morgan fingerprint density at radius 2 is 1.94 bits per heavy atom. The summed E-state index contributed by atoms with van der Waals surface area (Å²) in [4.78, 5) is 12.6. The minimum absolute atomic E-state index is 0.732. The van der Waals surface area contributed by atoms with E-state index in [-0.39, 0.29) is 0 Å². The van der Waals surface area contributed by atoms with Crippen LogP contribution in [0.3, 0.4) is 0 Å². The van der Waals surface area contributed by atoms with Crippen LogP contribution in [0.2, 0.25) is 0 Å². The van der Waals surface area contributed by atoms with Crippen molar-refractivity contribution in [1.29, 1.82) is 0 Å². The molecule has 0 saturated carbocycles. The number of hydrogen-bond acceptors (Lipinski definition) is 4. The fraction of sp³-hybridized carbons (Fsp3) is 0.0909. The maximum atomic E-state index is 4.45. The second-order valence-corrected chi connectivity index (χ2v) is 4.33. The molecule has 0 bridgehead atoms. The number of fused-ring (bicyclic) bond motifs is 1. The largest absolute Gasteiger partial charge is 0.256 e. The Balaban J connectivity index is 2.26. The van der Waals surface area contributed by atoms with Crippen LogP contribution in [0.5, 0.6) is 0 Å². The minimum Gasteiger partial charge on any atom is -0.256 e. The van der Waals surface area contributed by atoms with Gasteiger partial charge in [0.15, 0.2) is 5.82 Å². The molecule has 3 rings (SSSR count). The van der Waals surface area contributed by atoms with Crippen LogP contribution >= 0.6 is 15.9 Å². The summed E-state index contributed by atoms with van der Waals surface area (Å²) in [5.41, 5.74) is 1.65. The lowest BCUT2D eigenvalue weighted by Crippen LogP contribution is -2.01. The summed E-state index contributed by atoms with van der Waals surface area (Å²) in [6, 6.07) is 1.91. The SMILES string of the molecule is Cc1nccnc1-n1cc2ccnc(Br)c2n1. The number of hydrogen-bond donors (Lipinski definition) is 0. The van der Waals surface area contributed by atoms with Crippen molar-refractivity contribution in [3.8, 4) is 5.82 Å². The van der Waals surface area contributed by atoms with Gasteiger partial charge in [0.05, 0.1) is 5.69 Å². The molecule has 0 radical (unpaired) electrons. The van der Waals surface area contributed by atoms with Crippen LogP contribution in [0.4, 0.5) is 0 Å². The number of nitrogens with zero attached hydrogens (tertiary/aromatic N) is 5. The molecule has 3 aromatic heterocycles. The third kappa shape index (κ3) is 1.70. The van der Waals surface area contributed by atoms with Gasteiger partial charge in [-0.2, -0.15) is 5.10 Å². The van der Waals surface area contributed by atoms with Crippen molar-refractivity contribution in [2.24, 2.45) is 0 Å². The summed E-state index contributed by atoms with van der Waals surface area (Å²) in [6.07, 6.45) is 6.97. The highest BCUT2D eigenvalue weighted by Crippen LogP contribution is 2.21. The van der Waals surface area contributed by atoms with E-state index < -0.39 is 0 Å². The lowest BCUT2D eigenvalue weighted by molar-refractivity contribution is 0.834. The zero-order chi connectivity index (χ0) is 11.8. The van der Waals surface area contributed by atoms with Crippen LogP contribution < -0.4 is 0 Å². The lowest BCUT2D eigenvalue weighted by Gasteiger charge is -2.01. The number of pyridine rings is 1. The second kappa shape index (κ2) is 3.89. The Morgan fingerprint density at radius 1 is 1.12 bits per heavy atom. The zero-order valence-electron chi connectivity index (χ0n) is 9.00. The normalized spacial score (nSPS) is 10.9. The third-order valence-electron chi connectivity index (χ3n) is 2.45. The molecule has 0 N–H and O–H groups in total.